The van der Waals surface area contributed by atoms with Gasteiger partial charge in [-0.05, 0) is 31.2 Å². The summed E-state index contributed by atoms with van der Waals surface area (Å²) in [5.41, 5.74) is 1.17. The van der Waals surface area contributed by atoms with Gasteiger partial charge in [0.25, 0.3) is 5.91 Å². The molecule has 28 heavy (non-hydrogen) atoms. The van der Waals surface area contributed by atoms with Gasteiger partial charge in [0.2, 0.25) is 18.7 Å². The lowest BCUT2D eigenvalue weighted by molar-refractivity contribution is -0.120. The minimum absolute atomic E-state index is 0.107. The summed E-state index contributed by atoms with van der Waals surface area (Å²) in [7, 11) is 0. The molecule has 2 aromatic rings. The van der Waals surface area contributed by atoms with Gasteiger partial charge in [0.1, 0.15) is 5.75 Å². The Labute approximate surface area is 161 Å². The molecule has 0 aromatic heterocycles. The van der Waals surface area contributed by atoms with E-state index in [1.54, 1.807) is 18.2 Å². The average molecular weight is 381 g/mol. The van der Waals surface area contributed by atoms with Gasteiger partial charge in [-0.3, -0.25) is 20.2 Å². The van der Waals surface area contributed by atoms with E-state index in [-0.39, 0.29) is 25.1 Å². The molecule has 0 unspecified atom stereocenters. The van der Waals surface area contributed by atoms with E-state index in [9.17, 15) is 9.59 Å². The third kappa shape index (κ3) is 3.62. The molecule has 2 aliphatic rings. The normalized spacial score (nSPS) is 17.5. The molecule has 0 radical (unpaired) electrons. The summed E-state index contributed by atoms with van der Waals surface area (Å²) in [4.78, 5) is 29.2. The SMILES string of the molecule is CCOc1ccccc1[C@@H]1CC(=O)NC(NC(=O)c2ccc3c(c2)OCO3)=N1. The van der Waals surface area contributed by atoms with E-state index in [2.05, 4.69) is 15.6 Å². The molecule has 144 valence electrons. The van der Waals surface area contributed by atoms with Gasteiger partial charge in [-0.2, -0.15) is 0 Å². The Kier molecular flexibility index (Phi) is 4.84. The van der Waals surface area contributed by atoms with Crippen molar-refractivity contribution in [2.45, 2.75) is 19.4 Å². The van der Waals surface area contributed by atoms with Crippen molar-refractivity contribution in [3.8, 4) is 17.2 Å². The Morgan fingerprint density at radius 3 is 2.93 bits per heavy atom. The highest BCUT2D eigenvalue weighted by atomic mass is 16.7. The molecule has 0 bridgehead atoms. The average Bonchev–Trinajstić information content (AvgIpc) is 3.16. The number of aliphatic imine (C=N–C) groups is 1. The number of amides is 2. The largest absolute Gasteiger partial charge is 0.494 e. The fraction of sp³-hybridized carbons (Fsp3) is 0.250. The van der Waals surface area contributed by atoms with Crippen molar-refractivity contribution in [2.75, 3.05) is 13.4 Å². The zero-order valence-corrected chi connectivity index (χ0v) is 15.2. The molecule has 4 rings (SSSR count). The second-order valence-corrected chi connectivity index (χ2v) is 6.24. The summed E-state index contributed by atoms with van der Waals surface area (Å²) in [5.74, 6) is 1.24. The van der Waals surface area contributed by atoms with Gasteiger partial charge in [-0.1, -0.05) is 18.2 Å². The van der Waals surface area contributed by atoms with E-state index in [4.69, 9.17) is 14.2 Å². The number of nitrogens with one attached hydrogen (secondary N) is 2. The van der Waals surface area contributed by atoms with Crippen molar-refractivity contribution in [1.82, 2.24) is 10.6 Å². The molecular weight excluding hydrogens is 362 g/mol. The Hall–Kier alpha value is -3.55. The highest BCUT2D eigenvalue weighted by Gasteiger charge is 2.26. The van der Waals surface area contributed by atoms with Crippen LogP contribution in [0.3, 0.4) is 0 Å². The first-order valence-electron chi connectivity index (χ1n) is 8.94. The van der Waals surface area contributed by atoms with Gasteiger partial charge in [-0.15, -0.1) is 0 Å². The molecule has 8 nitrogen and oxygen atoms in total. The molecule has 1 atom stereocenters. The van der Waals surface area contributed by atoms with Crippen LogP contribution in [0, 0.1) is 0 Å². The summed E-state index contributed by atoms with van der Waals surface area (Å²) in [6.07, 6.45) is 0.174. The fourth-order valence-corrected chi connectivity index (χ4v) is 3.10. The standard InChI is InChI=1S/C20H19N3O5/c1-2-26-15-6-4-3-5-13(15)14-10-18(24)22-20(21-14)23-19(25)12-7-8-16-17(9-12)28-11-27-16/h3-9,14H,2,10-11H2,1H3,(H2,21,22,23,24,25)/t14-/m0/s1. The summed E-state index contributed by atoms with van der Waals surface area (Å²) in [6.45, 7) is 2.53. The lowest BCUT2D eigenvalue weighted by atomic mass is 10.0. The van der Waals surface area contributed by atoms with Gasteiger partial charge in [0.05, 0.1) is 19.1 Å². The van der Waals surface area contributed by atoms with E-state index >= 15 is 0 Å². The molecule has 8 heteroatoms. The van der Waals surface area contributed by atoms with E-state index in [0.717, 1.165) is 5.56 Å². The molecule has 2 heterocycles. The molecule has 0 spiro atoms. The maximum atomic E-state index is 12.6. The lowest BCUT2D eigenvalue weighted by Gasteiger charge is -2.23. The Balaban J connectivity index is 1.55. The molecule has 2 aliphatic heterocycles. The summed E-state index contributed by atoms with van der Waals surface area (Å²) in [6, 6.07) is 11.9. The number of rotatable bonds is 4. The number of nitrogens with zero attached hydrogens (tertiary/aromatic N) is 1. The van der Waals surface area contributed by atoms with Crippen LogP contribution in [0.4, 0.5) is 0 Å². The topological polar surface area (TPSA) is 98.3 Å². The Bertz CT molecular complexity index is 957. The number of carbonyl (C=O) groups is 2. The maximum absolute atomic E-state index is 12.6. The number of hydrogen-bond donors (Lipinski definition) is 2. The van der Waals surface area contributed by atoms with E-state index in [1.807, 2.05) is 31.2 Å². The zero-order valence-electron chi connectivity index (χ0n) is 15.2. The van der Waals surface area contributed by atoms with Crippen molar-refractivity contribution in [3.05, 3.63) is 53.6 Å². The van der Waals surface area contributed by atoms with Crippen LogP contribution in [0.25, 0.3) is 0 Å². The third-order valence-corrected chi connectivity index (χ3v) is 4.37. The van der Waals surface area contributed by atoms with Crippen LogP contribution < -0.4 is 24.8 Å². The smallest absolute Gasteiger partial charge is 0.258 e. The van der Waals surface area contributed by atoms with E-state index in [0.29, 0.717) is 29.4 Å². The van der Waals surface area contributed by atoms with Crippen molar-refractivity contribution < 1.29 is 23.8 Å². The summed E-state index contributed by atoms with van der Waals surface area (Å²) in [5, 5.41) is 5.25. The number of hydrogen-bond acceptors (Lipinski definition) is 6. The van der Waals surface area contributed by atoms with Crippen molar-refractivity contribution in [2.24, 2.45) is 4.99 Å². The Morgan fingerprint density at radius 2 is 2.07 bits per heavy atom. The van der Waals surface area contributed by atoms with Crippen LogP contribution >= 0.6 is 0 Å². The Morgan fingerprint density at radius 1 is 1.25 bits per heavy atom. The molecule has 2 amide bonds. The van der Waals surface area contributed by atoms with Crippen LogP contribution in [0.2, 0.25) is 0 Å². The zero-order chi connectivity index (χ0) is 19.5. The molecule has 0 fully saturated rings. The van der Waals surface area contributed by atoms with Crippen LogP contribution in [0.5, 0.6) is 17.2 Å². The first-order valence-corrected chi connectivity index (χ1v) is 8.94. The molecular formula is C20H19N3O5. The van der Waals surface area contributed by atoms with E-state index < -0.39 is 11.9 Å². The number of carbonyl (C=O) groups excluding carboxylic acids is 2. The van der Waals surface area contributed by atoms with Crippen molar-refractivity contribution >= 4 is 17.8 Å². The maximum Gasteiger partial charge on any atom is 0.258 e. The van der Waals surface area contributed by atoms with Gasteiger partial charge in [0.15, 0.2) is 11.5 Å². The predicted octanol–water partition coefficient (Wildman–Crippen LogP) is 2.16. The quantitative estimate of drug-likeness (QED) is 0.846. The number of guanidine groups is 1. The number of fused-ring (bicyclic) bond motifs is 1. The third-order valence-electron chi connectivity index (χ3n) is 4.37. The minimum Gasteiger partial charge on any atom is -0.494 e. The fourth-order valence-electron chi connectivity index (χ4n) is 3.10. The first kappa shape index (κ1) is 17.8. The second-order valence-electron chi connectivity index (χ2n) is 6.24. The lowest BCUT2D eigenvalue weighted by Crippen LogP contribution is -2.47. The highest BCUT2D eigenvalue weighted by molar-refractivity contribution is 6.10. The molecule has 0 aliphatic carbocycles. The van der Waals surface area contributed by atoms with Crippen LogP contribution in [0.15, 0.2) is 47.5 Å². The second kappa shape index (κ2) is 7.59. The number of benzene rings is 2. The minimum atomic E-state index is -0.441. The van der Waals surface area contributed by atoms with Gasteiger partial charge in [-0.25, -0.2) is 4.99 Å². The van der Waals surface area contributed by atoms with Gasteiger partial charge < -0.3 is 14.2 Å². The van der Waals surface area contributed by atoms with E-state index in [1.165, 1.54) is 0 Å². The molecule has 2 aromatic carbocycles. The van der Waals surface area contributed by atoms with Crippen molar-refractivity contribution in [1.29, 1.82) is 0 Å². The summed E-state index contributed by atoms with van der Waals surface area (Å²) < 4.78 is 16.2. The number of ether oxygens (including phenoxy) is 3. The molecule has 0 saturated carbocycles. The molecule has 2 N–H and O–H groups in total. The van der Waals surface area contributed by atoms with Gasteiger partial charge in [0, 0.05) is 11.1 Å². The van der Waals surface area contributed by atoms with Gasteiger partial charge >= 0.3 is 0 Å². The number of para-hydroxylation sites is 1. The van der Waals surface area contributed by atoms with Crippen LogP contribution in [-0.4, -0.2) is 31.2 Å². The van der Waals surface area contributed by atoms with Crippen LogP contribution in [0.1, 0.15) is 35.3 Å². The van der Waals surface area contributed by atoms with Crippen molar-refractivity contribution in [3.63, 3.8) is 0 Å². The first-order chi connectivity index (χ1) is 13.6. The summed E-state index contributed by atoms with van der Waals surface area (Å²) >= 11 is 0. The predicted molar refractivity (Wildman–Crippen MR) is 101 cm³/mol. The highest BCUT2D eigenvalue weighted by Crippen LogP contribution is 2.33. The monoisotopic (exact) mass is 381 g/mol. The molecule has 0 saturated heterocycles. The van der Waals surface area contributed by atoms with Crippen LogP contribution in [-0.2, 0) is 4.79 Å².